The zero-order valence-corrected chi connectivity index (χ0v) is 10.4. The summed E-state index contributed by atoms with van der Waals surface area (Å²) >= 11 is 5.68. The number of nitrogens with zero attached hydrogens (tertiary/aromatic N) is 3. The van der Waals surface area contributed by atoms with Crippen LogP contribution in [0.15, 0.2) is 11.1 Å². The van der Waals surface area contributed by atoms with E-state index >= 15 is 0 Å². The largest absolute Gasteiger partial charge is 0.394 e. The number of imidazole rings is 1. The maximum Gasteiger partial charge on any atom is 0.281 e. The Morgan fingerprint density at radius 3 is 3.11 bits per heavy atom. The Bertz CT molecular complexity index is 669. The molecule has 1 unspecified atom stereocenters. The Hall–Kier alpha value is -1.48. The van der Waals surface area contributed by atoms with Gasteiger partial charge in [0.15, 0.2) is 11.2 Å². The summed E-state index contributed by atoms with van der Waals surface area (Å²) in [7, 11) is 0. The molecule has 0 amide bonds. The fraction of sp³-hybridized carbons (Fsp3) is 0.500. The van der Waals surface area contributed by atoms with Crippen LogP contribution in [0.1, 0.15) is 12.6 Å². The summed E-state index contributed by atoms with van der Waals surface area (Å²) < 4.78 is 6.65. The van der Waals surface area contributed by atoms with Gasteiger partial charge in [-0.1, -0.05) is 0 Å². The van der Waals surface area contributed by atoms with Gasteiger partial charge in [0, 0.05) is 6.42 Å². The van der Waals surface area contributed by atoms with Crippen molar-refractivity contribution >= 4 is 22.8 Å². The maximum absolute atomic E-state index is 12.2. The van der Waals surface area contributed by atoms with Crippen molar-refractivity contribution in [3.63, 3.8) is 0 Å². The summed E-state index contributed by atoms with van der Waals surface area (Å²) in [6.07, 6.45) is -0.682. The summed E-state index contributed by atoms with van der Waals surface area (Å²) in [5.74, 6) is 0. The number of halogens is 1. The quantitative estimate of drug-likeness (QED) is 0.636. The van der Waals surface area contributed by atoms with Crippen molar-refractivity contribution in [3.8, 4) is 0 Å². The summed E-state index contributed by atoms with van der Waals surface area (Å²) in [5.41, 5.74) is 0.0155. The van der Waals surface area contributed by atoms with Crippen LogP contribution in [0.2, 0.25) is 5.28 Å². The van der Waals surface area contributed by atoms with Gasteiger partial charge in [0.05, 0.1) is 12.7 Å². The zero-order chi connectivity index (χ0) is 13.6. The standard InChI is InChI=1S/C10H11ClN4O4/c11-10-13-7-8(14-10)12-3-15(9(7)18)6-1-4(17)5(2-16)19-6/h3-6,16-17H,1-2H2,(H,13,14)/t4-,5+,6?/m0/s1. The molecule has 0 bridgehead atoms. The Kier molecular flexibility index (Phi) is 3.02. The van der Waals surface area contributed by atoms with E-state index in [1.165, 1.54) is 10.9 Å². The minimum atomic E-state index is -0.817. The third-order valence-corrected chi connectivity index (χ3v) is 3.28. The zero-order valence-electron chi connectivity index (χ0n) is 9.65. The molecule has 3 N–H and O–H groups in total. The molecule has 3 rings (SSSR count). The molecule has 0 saturated carbocycles. The predicted octanol–water partition coefficient (Wildman–Crippen LogP) is -0.586. The predicted molar refractivity (Wildman–Crippen MR) is 64.8 cm³/mol. The van der Waals surface area contributed by atoms with Crippen molar-refractivity contribution < 1.29 is 14.9 Å². The van der Waals surface area contributed by atoms with Crippen molar-refractivity contribution in [2.75, 3.05) is 6.61 Å². The molecule has 102 valence electrons. The number of rotatable bonds is 2. The lowest BCUT2D eigenvalue weighted by Gasteiger charge is -2.13. The minimum absolute atomic E-state index is 0.0814. The molecular weight excluding hydrogens is 276 g/mol. The number of fused-ring (bicyclic) bond motifs is 1. The van der Waals surface area contributed by atoms with Gasteiger partial charge in [-0.05, 0) is 11.6 Å². The Balaban J connectivity index is 2.02. The number of aromatic nitrogens is 4. The van der Waals surface area contributed by atoms with Gasteiger partial charge in [-0.2, -0.15) is 4.98 Å². The fourth-order valence-electron chi connectivity index (χ4n) is 2.13. The number of aromatic amines is 1. The first kappa shape index (κ1) is 12.5. The van der Waals surface area contributed by atoms with Gasteiger partial charge in [0.1, 0.15) is 18.7 Å². The fourth-order valence-corrected chi connectivity index (χ4v) is 2.31. The number of hydrogen-bond acceptors (Lipinski definition) is 6. The van der Waals surface area contributed by atoms with Gasteiger partial charge in [-0.25, -0.2) is 4.98 Å². The topological polar surface area (TPSA) is 113 Å². The number of H-pyrrole nitrogens is 1. The molecule has 2 aromatic rings. The van der Waals surface area contributed by atoms with Crippen molar-refractivity contribution in [1.29, 1.82) is 0 Å². The first-order chi connectivity index (χ1) is 9.10. The summed E-state index contributed by atoms with van der Waals surface area (Å²) in [4.78, 5) is 22.7. The van der Waals surface area contributed by atoms with Crippen LogP contribution in [-0.4, -0.2) is 48.5 Å². The molecular formula is C10H11ClN4O4. The van der Waals surface area contributed by atoms with Crippen molar-refractivity contribution in [2.24, 2.45) is 0 Å². The third-order valence-electron chi connectivity index (χ3n) is 3.10. The number of nitrogens with one attached hydrogen (secondary N) is 1. The SMILES string of the molecule is O=c1c2[nH]c(Cl)nc2ncn1C1C[C@H](O)[C@@H](CO)O1. The van der Waals surface area contributed by atoms with Gasteiger partial charge < -0.3 is 19.9 Å². The second kappa shape index (κ2) is 4.57. The van der Waals surface area contributed by atoms with E-state index in [9.17, 15) is 9.90 Å². The molecule has 9 heteroatoms. The average Bonchev–Trinajstić information content (AvgIpc) is 2.92. The maximum atomic E-state index is 12.2. The first-order valence-corrected chi connectivity index (χ1v) is 6.04. The van der Waals surface area contributed by atoms with E-state index < -0.39 is 18.4 Å². The van der Waals surface area contributed by atoms with E-state index in [1.54, 1.807) is 0 Å². The molecule has 19 heavy (non-hydrogen) atoms. The Labute approximate surface area is 111 Å². The molecule has 0 radical (unpaired) electrons. The molecule has 2 aromatic heterocycles. The highest BCUT2D eigenvalue weighted by molar-refractivity contribution is 6.28. The number of hydrogen-bond donors (Lipinski definition) is 3. The van der Waals surface area contributed by atoms with Crippen LogP contribution in [0.5, 0.6) is 0 Å². The highest BCUT2D eigenvalue weighted by Crippen LogP contribution is 2.27. The van der Waals surface area contributed by atoms with Crippen LogP contribution in [-0.2, 0) is 4.74 Å². The van der Waals surface area contributed by atoms with Gasteiger partial charge in [-0.3, -0.25) is 9.36 Å². The monoisotopic (exact) mass is 286 g/mol. The third kappa shape index (κ3) is 2.02. The van der Waals surface area contributed by atoms with Gasteiger partial charge in [0.25, 0.3) is 5.56 Å². The summed E-state index contributed by atoms with van der Waals surface area (Å²) in [6.45, 7) is -0.308. The highest BCUT2D eigenvalue weighted by Gasteiger charge is 2.35. The number of ether oxygens (including phenoxy) is 1. The molecule has 0 spiro atoms. The summed E-state index contributed by atoms with van der Waals surface area (Å²) in [5, 5.41) is 18.8. The molecule has 1 aliphatic heterocycles. The van der Waals surface area contributed by atoms with Crippen LogP contribution in [0.25, 0.3) is 11.2 Å². The van der Waals surface area contributed by atoms with E-state index in [4.69, 9.17) is 21.4 Å². The van der Waals surface area contributed by atoms with Crippen LogP contribution in [0, 0.1) is 0 Å². The van der Waals surface area contributed by atoms with Crippen LogP contribution in [0.4, 0.5) is 0 Å². The molecule has 8 nitrogen and oxygen atoms in total. The van der Waals surface area contributed by atoms with Crippen molar-refractivity contribution in [1.82, 2.24) is 19.5 Å². The van der Waals surface area contributed by atoms with E-state index in [-0.39, 0.29) is 35.0 Å². The lowest BCUT2D eigenvalue weighted by Crippen LogP contribution is -2.26. The van der Waals surface area contributed by atoms with Gasteiger partial charge >= 0.3 is 0 Å². The van der Waals surface area contributed by atoms with Gasteiger partial charge in [0.2, 0.25) is 5.28 Å². The molecule has 1 saturated heterocycles. The van der Waals surface area contributed by atoms with E-state index in [0.717, 1.165) is 0 Å². The molecule has 0 aliphatic carbocycles. The second-order valence-corrected chi connectivity index (χ2v) is 4.66. The molecule has 3 atom stereocenters. The lowest BCUT2D eigenvalue weighted by molar-refractivity contribution is -0.0456. The van der Waals surface area contributed by atoms with Crippen molar-refractivity contribution in [3.05, 3.63) is 22.0 Å². The Morgan fingerprint density at radius 1 is 1.63 bits per heavy atom. The first-order valence-electron chi connectivity index (χ1n) is 5.67. The van der Waals surface area contributed by atoms with Crippen LogP contribution >= 0.6 is 11.6 Å². The van der Waals surface area contributed by atoms with Crippen LogP contribution in [0.3, 0.4) is 0 Å². The van der Waals surface area contributed by atoms with E-state index in [0.29, 0.717) is 0 Å². The molecule has 0 aromatic carbocycles. The normalized spacial score (nSPS) is 27.2. The molecule has 3 heterocycles. The number of aliphatic hydroxyl groups is 2. The second-order valence-electron chi connectivity index (χ2n) is 4.30. The molecule has 1 fully saturated rings. The Morgan fingerprint density at radius 2 is 2.42 bits per heavy atom. The average molecular weight is 287 g/mol. The van der Waals surface area contributed by atoms with Gasteiger partial charge in [-0.15, -0.1) is 0 Å². The van der Waals surface area contributed by atoms with E-state index in [2.05, 4.69) is 15.0 Å². The number of aliphatic hydroxyl groups excluding tert-OH is 2. The van der Waals surface area contributed by atoms with Crippen molar-refractivity contribution in [2.45, 2.75) is 24.9 Å². The minimum Gasteiger partial charge on any atom is -0.394 e. The smallest absolute Gasteiger partial charge is 0.281 e. The summed E-state index contributed by atoms with van der Waals surface area (Å²) in [6, 6.07) is 0. The van der Waals surface area contributed by atoms with E-state index in [1.807, 2.05) is 0 Å². The highest BCUT2D eigenvalue weighted by atomic mass is 35.5. The van der Waals surface area contributed by atoms with Crippen LogP contribution < -0.4 is 5.56 Å². The molecule has 1 aliphatic rings. The lowest BCUT2D eigenvalue weighted by atomic mass is 10.2.